The van der Waals surface area contributed by atoms with Gasteiger partial charge in [0.2, 0.25) is 0 Å². The number of hydrogen-bond donors (Lipinski definition) is 1. The van der Waals surface area contributed by atoms with E-state index in [-0.39, 0.29) is 11.4 Å². The van der Waals surface area contributed by atoms with Gasteiger partial charge in [0.05, 0.1) is 22.4 Å². The summed E-state index contributed by atoms with van der Waals surface area (Å²) in [6.07, 6.45) is 2.41. The standard InChI is InChI=1S/C15H22N6OS/c1-10-13(17-11(2)23-10)8-21-6-5-15(3,9-21)18-14(22)12-7-16-20(4)19-12/h7H,5-6,8-9H2,1-4H3,(H,18,22). The van der Waals surface area contributed by atoms with Crippen molar-refractivity contribution in [2.75, 3.05) is 13.1 Å². The zero-order valence-electron chi connectivity index (χ0n) is 14.0. The van der Waals surface area contributed by atoms with E-state index in [9.17, 15) is 4.79 Å². The lowest BCUT2D eigenvalue weighted by molar-refractivity contribution is 0.0901. The quantitative estimate of drug-likeness (QED) is 0.912. The van der Waals surface area contributed by atoms with E-state index in [1.54, 1.807) is 18.4 Å². The minimum absolute atomic E-state index is 0.164. The molecule has 2 aromatic rings. The van der Waals surface area contributed by atoms with Gasteiger partial charge in [0.25, 0.3) is 5.91 Å². The van der Waals surface area contributed by atoms with Gasteiger partial charge in [-0.1, -0.05) is 0 Å². The first kappa shape index (κ1) is 16.1. The number of hydrogen-bond acceptors (Lipinski definition) is 6. The maximum Gasteiger partial charge on any atom is 0.273 e. The molecule has 1 amide bonds. The predicted octanol–water partition coefficient (Wildman–Crippen LogP) is 1.28. The molecule has 3 rings (SSSR count). The van der Waals surface area contributed by atoms with Gasteiger partial charge >= 0.3 is 0 Å². The van der Waals surface area contributed by atoms with E-state index in [4.69, 9.17) is 0 Å². The molecule has 3 heterocycles. The topological polar surface area (TPSA) is 75.9 Å². The fourth-order valence-corrected chi connectivity index (χ4v) is 3.84. The first-order valence-electron chi connectivity index (χ1n) is 7.69. The van der Waals surface area contributed by atoms with Crippen LogP contribution < -0.4 is 5.32 Å². The van der Waals surface area contributed by atoms with Crippen LogP contribution in [0, 0.1) is 13.8 Å². The zero-order valence-corrected chi connectivity index (χ0v) is 14.8. The van der Waals surface area contributed by atoms with Crippen LogP contribution >= 0.6 is 11.3 Å². The predicted molar refractivity (Wildman–Crippen MR) is 88.4 cm³/mol. The molecule has 7 nitrogen and oxygen atoms in total. The van der Waals surface area contributed by atoms with Crippen molar-refractivity contribution in [2.45, 2.75) is 39.3 Å². The molecule has 8 heteroatoms. The van der Waals surface area contributed by atoms with Crippen molar-refractivity contribution in [2.24, 2.45) is 7.05 Å². The Morgan fingerprint density at radius 1 is 1.48 bits per heavy atom. The largest absolute Gasteiger partial charge is 0.344 e. The number of likely N-dealkylation sites (tertiary alicyclic amines) is 1. The van der Waals surface area contributed by atoms with Crippen molar-refractivity contribution in [3.05, 3.63) is 27.5 Å². The monoisotopic (exact) mass is 334 g/mol. The Bertz CT molecular complexity index is 723. The molecule has 0 radical (unpaired) electrons. The molecule has 23 heavy (non-hydrogen) atoms. The Hall–Kier alpha value is -1.80. The molecule has 0 aliphatic carbocycles. The van der Waals surface area contributed by atoms with Crippen molar-refractivity contribution >= 4 is 17.2 Å². The maximum absolute atomic E-state index is 12.3. The van der Waals surface area contributed by atoms with Crippen LogP contribution in [-0.4, -0.2) is 49.4 Å². The number of nitrogens with one attached hydrogen (secondary N) is 1. The van der Waals surface area contributed by atoms with Gasteiger partial charge in [-0.05, 0) is 27.2 Å². The molecule has 1 aliphatic rings. The van der Waals surface area contributed by atoms with Gasteiger partial charge in [-0.3, -0.25) is 9.69 Å². The molecule has 0 spiro atoms. The molecule has 1 unspecified atom stereocenters. The van der Waals surface area contributed by atoms with Crippen LogP contribution in [0.1, 0.15) is 39.4 Å². The molecule has 1 fully saturated rings. The van der Waals surface area contributed by atoms with Crippen LogP contribution in [0.2, 0.25) is 0 Å². The first-order chi connectivity index (χ1) is 10.8. The number of thiazole rings is 1. The maximum atomic E-state index is 12.3. The summed E-state index contributed by atoms with van der Waals surface area (Å²) in [6.45, 7) is 8.84. The molecule has 1 saturated heterocycles. The fourth-order valence-electron chi connectivity index (χ4n) is 3.01. The molecule has 0 saturated carbocycles. The van der Waals surface area contributed by atoms with Gasteiger partial charge in [0.1, 0.15) is 0 Å². The number of aryl methyl sites for hydroxylation is 3. The highest BCUT2D eigenvalue weighted by atomic mass is 32.1. The smallest absolute Gasteiger partial charge is 0.273 e. The summed E-state index contributed by atoms with van der Waals surface area (Å²) < 4.78 is 0. The number of rotatable bonds is 4. The van der Waals surface area contributed by atoms with E-state index in [0.717, 1.165) is 36.8 Å². The Balaban J connectivity index is 1.61. The molecule has 2 aromatic heterocycles. The molecule has 0 bridgehead atoms. The van der Waals surface area contributed by atoms with E-state index < -0.39 is 0 Å². The van der Waals surface area contributed by atoms with Crippen LogP contribution in [0.3, 0.4) is 0 Å². The van der Waals surface area contributed by atoms with E-state index >= 15 is 0 Å². The average Bonchev–Trinajstić information content (AvgIpc) is 3.12. The highest BCUT2D eigenvalue weighted by molar-refractivity contribution is 7.11. The fraction of sp³-hybridized carbons (Fsp3) is 0.600. The first-order valence-corrected chi connectivity index (χ1v) is 8.50. The molecule has 1 N–H and O–H groups in total. The van der Waals surface area contributed by atoms with Crippen molar-refractivity contribution in [1.82, 2.24) is 30.2 Å². The average molecular weight is 334 g/mol. The number of nitrogens with zero attached hydrogens (tertiary/aromatic N) is 5. The second-order valence-electron chi connectivity index (χ2n) is 6.43. The SMILES string of the molecule is Cc1nc(CN2CCC(C)(NC(=O)c3cnn(C)n3)C2)c(C)s1. The molecule has 1 aliphatic heterocycles. The molecule has 0 aromatic carbocycles. The van der Waals surface area contributed by atoms with Gasteiger partial charge in [0, 0.05) is 31.6 Å². The molecule has 124 valence electrons. The van der Waals surface area contributed by atoms with E-state index in [0.29, 0.717) is 5.69 Å². The lowest BCUT2D eigenvalue weighted by atomic mass is 10.0. The minimum atomic E-state index is -0.242. The normalized spacial score (nSPS) is 21.7. The van der Waals surface area contributed by atoms with E-state index in [1.807, 2.05) is 6.92 Å². The van der Waals surface area contributed by atoms with Crippen molar-refractivity contribution < 1.29 is 4.79 Å². The van der Waals surface area contributed by atoms with Crippen LogP contribution in [0.4, 0.5) is 0 Å². The third-order valence-electron chi connectivity index (χ3n) is 4.17. The van der Waals surface area contributed by atoms with E-state index in [1.165, 1.54) is 15.9 Å². The van der Waals surface area contributed by atoms with Crippen molar-refractivity contribution in [3.63, 3.8) is 0 Å². The summed E-state index contributed by atoms with van der Waals surface area (Å²) in [5, 5.41) is 12.2. The number of carbonyl (C=O) groups is 1. The summed E-state index contributed by atoms with van der Waals surface area (Å²) in [4.78, 5) is 21.9. The van der Waals surface area contributed by atoms with Gasteiger partial charge in [-0.15, -0.1) is 16.4 Å². The van der Waals surface area contributed by atoms with Gasteiger partial charge in [0.15, 0.2) is 5.69 Å². The molecule has 1 atom stereocenters. The summed E-state index contributed by atoms with van der Waals surface area (Å²) in [5.74, 6) is -0.164. The molecular formula is C15H22N6OS. The van der Waals surface area contributed by atoms with Gasteiger partial charge in [-0.25, -0.2) is 4.98 Å². The van der Waals surface area contributed by atoms with Gasteiger partial charge in [-0.2, -0.15) is 9.90 Å². The lowest BCUT2D eigenvalue weighted by Gasteiger charge is -2.25. The Morgan fingerprint density at radius 3 is 2.87 bits per heavy atom. The Morgan fingerprint density at radius 2 is 2.26 bits per heavy atom. The Labute approximate surface area is 139 Å². The lowest BCUT2D eigenvalue weighted by Crippen LogP contribution is -2.48. The van der Waals surface area contributed by atoms with Crippen molar-refractivity contribution in [3.8, 4) is 0 Å². The van der Waals surface area contributed by atoms with Crippen LogP contribution in [0.5, 0.6) is 0 Å². The van der Waals surface area contributed by atoms with Crippen molar-refractivity contribution in [1.29, 1.82) is 0 Å². The number of aromatic nitrogens is 4. The van der Waals surface area contributed by atoms with Crippen LogP contribution in [-0.2, 0) is 13.6 Å². The van der Waals surface area contributed by atoms with E-state index in [2.05, 4.69) is 39.2 Å². The summed E-state index contributed by atoms with van der Waals surface area (Å²) in [6, 6.07) is 0. The third-order valence-corrected chi connectivity index (χ3v) is 5.10. The Kier molecular flexibility index (Phi) is 4.20. The summed E-state index contributed by atoms with van der Waals surface area (Å²) in [7, 11) is 1.70. The van der Waals surface area contributed by atoms with Crippen LogP contribution in [0.25, 0.3) is 0 Å². The highest BCUT2D eigenvalue weighted by Gasteiger charge is 2.36. The van der Waals surface area contributed by atoms with Crippen LogP contribution in [0.15, 0.2) is 6.20 Å². The minimum Gasteiger partial charge on any atom is -0.344 e. The third kappa shape index (κ3) is 3.59. The summed E-state index contributed by atoms with van der Waals surface area (Å²) >= 11 is 1.74. The second kappa shape index (κ2) is 6.01. The number of carbonyl (C=O) groups excluding carboxylic acids is 1. The second-order valence-corrected chi connectivity index (χ2v) is 7.84. The highest BCUT2D eigenvalue weighted by Crippen LogP contribution is 2.25. The zero-order chi connectivity index (χ0) is 16.6. The summed E-state index contributed by atoms with van der Waals surface area (Å²) in [5.41, 5.74) is 1.27. The molecular weight excluding hydrogens is 312 g/mol. The number of amides is 1. The van der Waals surface area contributed by atoms with Gasteiger partial charge < -0.3 is 5.32 Å².